The van der Waals surface area contributed by atoms with Crippen LogP contribution in [0.3, 0.4) is 0 Å². The molecule has 7 heteroatoms. The van der Waals surface area contributed by atoms with E-state index in [9.17, 15) is 14.2 Å². The summed E-state index contributed by atoms with van der Waals surface area (Å²) in [4.78, 5) is 23.6. The maximum absolute atomic E-state index is 13.9. The SMILES string of the molecule is CCOC(=O)CCP(=O)(CCC(=O)OCC)C1CC(C)(C)NC(C)(C)C1. The van der Waals surface area contributed by atoms with Gasteiger partial charge in [-0.05, 0) is 54.4 Å². The van der Waals surface area contributed by atoms with Gasteiger partial charge < -0.3 is 19.4 Å². The molecule has 0 aromatic carbocycles. The zero-order valence-corrected chi connectivity index (χ0v) is 18.1. The van der Waals surface area contributed by atoms with Crippen molar-refractivity contribution in [1.29, 1.82) is 0 Å². The maximum atomic E-state index is 13.9. The molecule has 152 valence electrons. The second-order valence-electron chi connectivity index (χ2n) is 8.46. The first-order valence-electron chi connectivity index (χ1n) is 9.61. The Bertz CT molecular complexity index is 502. The fraction of sp³-hybridized carbons (Fsp3) is 0.895. The monoisotopic (exact) mass is 389 g/mol. The van der Waals surface area contributed by atoms with Crippen molar-refractivity contribution < 1.29 is 23.6 Å². The number of esters is 2. The minimum Gasteiger partial charge on any atom is -0.466 e. The van der Waals surface area contributed by atoms with Gasteiger partial charge in [0, 0.05) is 29.1 Å². The van der Waals surface area contributed by atoms with E-state index in [4.69, 9.17) is 9.47 Å². The number of carbonyl (C=O) groups excluding carboxylic acids is 2. The van der Waals surface area contributed by atoms with Crippen molar-refractivity contribution in [3.63, 3.8) is 0 Å². The molecule has 6 nitrogen and oxygen atoms in total. The van der Waals surface area contributed by atoms with Gasteiger partial charge in [0.2, 0.25) is 0 Å². The molecular formula is C19H36NO5P. The Hall–Kier alpha value is -0.870. The zero-order chi connectivity index (χ0) is 20.0. The molecule has 1 aliphatic heterocycles. The smallest absolute Gasteiger partial charge is 0.306 e. The van der Waals surface area contributed by atoms with E-state index in [1.165, 1.54) is 0 Å². The summed E-state index contributed by atoms with van der Waals surface area (Å²) >= 11 is 0. The average Bonchev–Trinajstić information content (AvgIpc) is 2.48. The topological polar surface area (TPSA) is 81.7 Å². The molecule has 1 saturated heterocycles. The third-order valence-electron chi connectivity index (χ3n) is 4.83. The molecule has 0 atom stereocenters. The molecule has 1 heterocycles. The standard InChI is InChI=1S/C19H36NO5P/c1-7-24-16(21)9-11-26(23,12-10-17(22)25-8-2)15-13-18(3,4)20-19(5,6)14-15/h15,20H,7-14H2,1-6H3. The number of nitrogens with one attached hydrogen (secondary N) is 1. The van der Waals surface area contributed by atoms with Crippen LogP contribution in [0.25, 0.3) is 0 Å². The van der Waals surface area contributed by atoms with Crippen molar-refractivity contribution >= 4 is 19.1 Å². The molecule has 0 aliphatic carbocycles. The van der Waals surface area contributed by atoms with Crippen molar-refractivity contribution in [1.82, 2.24) is 5.32 Å². The maximum Gasteiger partial charge on any atom is 0.306 e. The highest BCUT2D eigenvalue weighted by Crippen LogP contribution is 2.58. The number of rotatable bonds is 9. The minimum atomic E-state index is -2.75. The lowest BCUT2D eigenvalue weighted by atomic mass is 9.82. The Labute approximate surface area is 158 Å². The second-order valence-corrected chi connectivity index (χ2v) is 12.0. The van der Waals surface area contributed by atoms with Crippen LogP contribution in [0.4, 0.5) is 0 Å². The van der Waals surface area contributed by atoms with Crippen LogP contribution in [0.5, 0.6) is 0 Å². The quantitative estimate of drug-likeness (QED) is 0.480. The van der Waals surface area contributed by atoms with Gasteiger partial charge in [-0.3, -0.25) is 9.59 Å². The van der Waals surface area contributed by atoms with Gasteiger partial charge in [-0.25, -0.2) is 0 Å². The summed E-state index contributed by atoms with van der Waals surface area (Å²) in [6, 6.07) is 0. The van der Waals surface area contributed by atoms with Gasteiger partial charge in [-0.2, -0.15) is 0 Å². The molecule has 0 saturated carbocycles. The number of hydrogen-bond acceptors (Lipinski definition) is 6. The molecule has 26 heavy (non-hydrogen) atoms. The highest BCUT2D eigenvalue weighted by atomic mass is 31.2. The van der Waals surface area contributed by atoms with E-state index in [-0.39, 0.29) is 41.5 Å². The Morgan fingerprint density at radius 2 is 1.31 bits per heavy atom. The van der Waals surface area contributed by atoms with E-state index >= 15 is 0 Å². The van der Waals surface area contributed by atoms with Gasteiger partial charge in [0.05, 0.1) is 33.2 Å². The number of carbonyl (C=O) groups is 2. The van der Waals surface area contributed by atoms with Crippen LogP contribution in [0.1, 0.15) is 67.2 Å². The summed E-state index contributed by atoms with van der Waals surface area (Å²) in [5.74, 6) is -0.646. The molecule has 0 bridgehead atoms. The van der Waals surface area contributed by atoms with E-state index in [0.717, 1.165) is 12.8 Å². The fourth-order valence-electron chi connectivity index (χ4n) is 4.11. The van der Waals surface area contributed by atoms with Crippen molar-refractivity contribution in [2.45, 2.75) is 84.0 Å². The van der Waals surface area contributed by atoms with Crippen LogP contribution in [0, 0.1) is 0 Å². The predicted octanol–water partition coefficient (Wildman–Crippen LogP) is 3.57. The Kier molecular flexibility index (Phi) is 8.34. The first-order valence-corrected chi connectivity index (χ1v) is 11.8. The molecule has 0 unspecified atom stereocenters. The Morgan fingerprint density at radius 3 is 1.65 bits per heavy atom. The lowest BCUT2D eigenvalue weighted by molar-refractivity contribution is -0.143. The first kappa shape index (κ1) is 23.2. The Morgan fingerprint density at radius 1 is 0.923 bits per heavy atom. The lowest BCUT2D eigenvalue weighted by Crippen LogP contribution is -2.59. The molecule has 0 spiro atoms. The molecular weight excluding hydrogens is 353 g/mol. The van der Waals surface area contributed by atoms with E-state index in [1.54, 1.807) is 13.8 Å². The summed E-state index contributed by atoms with van der Waals surface area (Å²) in [5, 5.41) is 3.60. The molecule has 0 radical (unpaired) electrons. The number of hydrogen-bond donors (Lipinski definition) is 1. The van der Waals surface area contributed by atoms with Gasteiger partial charge in [-0.1, -0.05) is 0 Å². The van der Waals surface area contributed by atoms with E-state index < -0.39 is 7.14 Å². The minimum absolute atomic E-state index is 0.0161. The van der Waals surface area contributed by atoms with E-state index in [1.807, 2.05) is 0 Å². The number of piperidine rings is 1. The van der Waals surface area contributed by atoms with Crippen molar-refractivity contribution in [2.75, 3.05) is 25.5 Å². The summed E-state index contributed by atoms with van der Waals surface area (Å²) in [5.41, 5.74) is -0.302. The summed E-state index contributed by atoms with van der Waals surface area (Å²) in [7, 11) is -2.75. The highest BCUT2D eigenvalue weighted by Gasteiger charge is 2.45. The van der Waals surface area contributed by atoms with E-state index in [0.29, 0.717) is 25.5 Å². The predicted molar refractivity (Wildman–Crippen MR) is 104 cm³/mol. The summed E-state index contributed by atoms with van der Waals surface area (Å²) in [6.07, 6.45) is 2.39. The van der Waals surface area contributed by atoms with Crippen molar-refractivity contribution in [2.24, 2.45) is 0 Å². The number of ether oxygens (including phenoxy) is 2. The fourth-order valence-corrected chi connectivity index (χ4v) is 7.76. The summed E-state index contributed by atoms with van der Waals surface area (Å²) < 4.78 is 23.9. The average molecular weight is 389 g/mol. The molecule has 1 rings (SSSR count). The van der Waals surface area contributed by atoms with Crippen molar-refractivity contribution in [3.8, 4) is 0 Å². The van der Waals surface area contributed by atoms with Gasteiger partial charge in [0.15, 0.2) is 0 Å². The molecule has 1 fully saturated rings. The molecule has 0 amide bonds. The van der Waals surface area contributed by atoms with Crippen LogP contribution in [-0.2, 0) is 23.6 Å². The molecule has 0 aromatic heterocycles. The molecule has 1 aliphatic rings. The summed E-state index contributed by atoms with van der Waals surface area (Å²) in [6.45, 7) is 12.6. The highest BCUT2D eigenvalue weighted by molar-refractivity contribution is 7.64. The van der Waals surface area contributed by atoms with Gasteiger partial charge in [-0.15, -0.1) is 0 Å². The molecule has 0 aromatic rings. The van der Waals surface area contributed by atoms with Crippen LogP contribution in [-0.4, -0.2) is 54.2 Å². The normalized spacial score (nSPS) is 19.8. The molecule has 1 N–H and O–H groups in total. The largest absolute Gasteiger partial charge is 0.466 e. The third kappa shape index (κ3) is 7.40. The van der Waals surface area contributed by atoms with Gasteiger partial charge in [0.25, 0.3) is 0 Å². The van der Waals surface area contributed by atoms with Gasteiger partial charge in [0.1, 0.15) is 0 Å². The first-order chi connectivity index (χ1) is 11.9. The zero-order valence-electron chi connectivity index (χ0n) is 17.2. The van der Waals surface area contributed by atoms with Crippen LogP contribution in [0.15, 0.2) is 0 Å². The van der Waals surface area contributed by atoms with Crippen LogP contribution in [0.2, 0.25) is 0 Å². The Balaban J connectivity index is 2.96. The lowest BCUT2D eigenvalue weighted by Gasteiger charge is -2.48. The van der Waals surface area contributed by atoms with E-state index in [2.05, 4.69) is 33.0 Å². The second kappa shape index (κ2) is 9.36. The van der Waals surface area contributed by atoms with Crippen LogP contribution >= 0.6 is 7.14 Å². The van der Waals surface area contributed by atoms with Gasteiger partial charge >= 0.3 is 11.9 Å². The van der Waals surface area contributed by atoms with Crippen molar-refractivity contribution in [3.05, 3.63) is 0 Å². The third-order valence-corrected chi connectivity index (χ3v) is 8.49. The van der Waals surface area contributed by atoms with Crippen LogP contribution < -0.4 is 5.32 Å².